The summed E-state index contributed by atoms with van der Waals surface area (Å²) in [5, 5.41) is 0.651. The van der Waals surface area contributed by atoms with E-state index in [1.807, 2.05) is 0 Å². The molecule has 1 unspecified atom stereocenters. The Balaban J connectivity index is 1.43. The number of amidine groups is 1. The summed E-state index contributed by atoms with van der Waals surface area (Å²) in [6.07, 6.45) is -6.01. The van der Waals surface area contributed by atoms with Gasteiger partial charge in [0, 0.05) is 37.8 Å². The molecule has 0 radical (unpaired) electrons. The molecule has 13 heteroatoms. The van der Waals surface area contributed by atoms with Crippen LogP contribution < -0.4 is 9.47 Å². The van der Waals surface area contributed by atoms with Crippen molar-refractivity contribution in [2.45, 2.75) is 51.7 Å². The molecule has 0 bridgehead atoms. The van der Waals surface area contributed by atoms with Gasteiger partial charge in [-0.3, -0.25) is 9.69 Å². The molecule has 1 atom stereocenters. The first-order valence-corrected chi connectivity index (χ1v) is 14.2. The van der Waals surface area contributed by atoms with Crippen LogP contribution in [0, 0.1) is 0 Å². The Morgan fingerprint density at radius 3 is 2.33 bits per heavy atom. The van der Waals surface area contributed by atoms with Gasteiger partial charge in [-0.25, -0.2) is 0 Å². The molecule has 1 saturated heterocycles. The third kappa shape index (κ3) is 7.60. The maximum absolute atomic E-state index is 13.5. The zero-order chi connectivity index (χ0) is 30.7. The molecule has 228 valence electrons. The molecular weight excluding hydrogens is 584 g/mol. The summed E-state index contributed by atoms with van der Waals surface area (Å²) in [5.41, 5.74) is -2.71. The molecule has 2 aliphatic rings. The normalized spacial score (nSPS) is 18.4. The van der Waals surface area contributed by atoms with E-state index in [1.54, 1.807) is 18.2 Å². The second-order valence-corrected chi connectivity index (χ2v) is 11.0. The van der Waals surface area contributed by atoms with Crippen LogP contribution in [0.15, 0.2) is 46.3 Å². The van der Waals surface area contributed by atoms with Crippen LogP contribution in [0.2, 0.25) is 0 Å². The van der Waals surface area contributed by atoms with Gasteiger partial charge in [0.1, 0.15) is 6.61 Å². The van der Waals surface area contributed by atoms with Gasteiger partial charge in [0.05, 0.1) is 23.1 Å². The molecule has 2 aromatic rings. The number of methoxy groups -OCH3 is 1. The second kappa shape index (κ2) is 13.0. The molecule has 2 heterocycles. The largest absolute Gasteiger partial charge is 0.493 e. The number of rotatable bonds is 8. The number of carbonyl (C=O) groups is 1. The van der Waals surface area contributed by atoms with E-state index in [0.717, 1.165) is 45.1 Å². The second-order valence-electron chi connectivity index (χ2n) is 10.0. The predicted octanol–water partition coefficient (Wildman–Crippen LogP) is 7.09. The first kappa shape index (κ1) is 31.7. The van der Waals surface area contributed by atoms with Crippen molar-refractivity contribution in [3.63, 3.8) is 0 Å². The Hall–Kier alpha value is -3.19. The molecule has 1 fully saturated rings. The number of hydrogen-bond donors (Lipinski definition) is 0. The van der Waals surface area contributed by atoms with Gasteiger partial charge < -0.3 is 14.4 Å². The lowest BCUT2D eigenvalue weighted by Gasteiger charge is -2.38. The van der Waals surface area contributed by atoms with Gasteiger partial charge in [-0.2, -0.15) is 31.3 Å². The number of piperazine rings is 1. The summed E-state index contributed by atoms with van der Waals surface area (Å²) in [5.74, 6) is -0.0954. The minimum Gasteiger partial charge on any atom is -0.493 e. The molecule has 1 amide bonds. The van der Waals surface area contributed by atoms with Crippen LogP contribution in [0.1, 0.15) is 48.9 Å². The van der Waals surface area contributed by atoms with E-state index < -0.39 is 35.6 Å². The maximum atomic E-state index is 13.5. The van der Waals surface area contributed by atoms with E-state index >= 15 is 0 Å². The van der Waals surface area contributed by atoms with Crippen LogP contribution in [-0.2, 0) is 23.8 Å². The van der Waals surface area contributed by atoms with Crippen molar-refractivity contribution in [1.29, 1.82) is 0 Å². The van der Waals surface area contributed by atoms with Gasteiger partial charge in [-0.1, -0.05) is 25.5 Å². The summed E-state index contributed by atoms with van der Waals surface area (Å²) < 4.78 is 90.2. The van der Waals surface area contributed by atoms with Gasteiger partial charge in [0.2, 0.25) is 0 Å². The first-order valence-electron chi connectivity index (χ1n) is 13.4. The van der Waals surface area contributed by atoms with E-state index in [2.05, 4.69) is 28.6 Å². The van der Waals surface area contributed by atoms with E-state index in [-0.39, 0.29) is 23.5 Å². The number of hydrogen-bond acceptors (Lipinski definition) is 6. The van der Waals surface area contributed by atoms with Gasteiger partial charge in [-0.15, -0.1) is 0 Å². The molecule has 2 aliphatic heterocycles. The van der Waals surface area contributed by atoms with Crippen LogP contribution >= 0.6 is 11.8 Å². The smallest absolute Gasteiger partial charge is 0.416 e. The number of alkyl halides is 6. The van der Waals surface area contributed by atoms with Crippen molar-refractivity contribution in [2.75, 3.05) is 33.3 Å². The molecule has 0 aliphatic carbocycles. The summed E-state index contributed by atoms with van der Waals surface area (Å²) in [6.45, 7) is 7.09. The average Bonchev–Trinajstić information content (AvgIpc) is 3.31. The molecular formula is C29H31F6N3O3S. The van der Waals surface area contributed by atoms with Crippen LogP contribution in [0.3, 0.4) is 0 Å². The number of ether oxygens (including phenoxy) is 2. The minimum absolute atomic E-state index is 0.0741. The number of aliphatic imine (C=N–C) groups is 1. The summed E-state index contributed by atoms with van der Waals surface area (Å²) in [7, 11) is 1.34. The Morgan fingerprint density at radius 1 is 1.00 bits per heavy atom. The zero-order valence-electron chi connectivity index (χ0n) is 23.3. The lowest BCUT2D eigenvalue weighted by Crippen LogP contribution is -2.50. The first-order chi connectivity index (χ1) is 19.8. The third-order valence-electron chi connectivity index (χ3n) is 7.14. The highest BCUT2D eigenvalue weighted by molar-refractivity contribution is 8.18. The van der Waals surface area contributed by atoms with E-state index in [0.29, 0.717) is 27.7 Å². The average molecular weight is 616 g/mol. The number of halogens is 6. The predicted molar refractivity (Wildman–Crippen MR) is 149 cm³/mol. The maximum Gasteiger partial charge on any atom is 0.416 e. The quantitative estimate of drug-likeness (QED) is 0.234. The fourth-order valence-corrected chi connectivity index (χ4v) is 5.80. The molecule has 6 nitrogen and oxygen atoms in total. The van der Waals surface area contributed by atoms with E-state index in [4.69, 9.17) is 9.47 Å². The van der Waals surface area contributed by atoms with Crippen LogP contribution in [0.5, 0.6) is 11.5 Å². The molecule has 0 N–H and O–H groups in total. The highest BCUT2D eigenvalue weighted by atomic mass is 32.2. The van der Waals surface area contributed by atoms with Gasteiger partial charge in [0.25, 0.3) is 5.91 Å². The molecule has 0 saturated carbocycles. The van der Waals surface area contributed by atoms with Crippen molar-refractivity contribution in [2.24, 2.45) is 4.99 Å². The van der Waals surface area contributed by atoms with Gasteiger partial charge >= 0.3 is 12.4 Å². The van der Waals surface area contributed by atoms with Crippen molar-refractivity contribution in [3.05, 3.63) is 63.6 Å². The summed E-state index contributed by atoms with van der Waals surface area (Å²) in [6, 6.07) is 6.54. The summed E-state index contributed by atoms with van der Waals surface area (Å²) in [4.78, 5) is 21.8. The fourth-order valence-electron chi connectivity index (χ4n) is 4.83. The SMILES string of the molecule is CCCC(C)N1CCN(C2=NC(=O)/C(=C/c3ccc(OCc4ccc(C(F)(F)F)cc4C(F)(F)F)c(OC)c3)S2)CC1. The zero-order valence-corrected chi connectivity index (χ0v) is 24.1. The third-order valence-corrected chi connectivity index (χ3v) is 8.18. The molecule has 0 aromatic heterocycles. The van der Waals surface area contributed by atoms with Gasteiger partial charge in [0.15, 0.2) is 16.7 Å². The number of benzene rings is 2. The highest BCUT2D eigenvalue weighted by Crippen LogP contribution is 2.39. The highest BCUT2D eigenvalue weighted by Gasteiger charge is 2.38. The Bertz CT molecular complexity index is 1350. The Kier molecular flexibility index (Phi) is 9.81. The van der Waals surface area contributed by atoms with Crippen LogP contribution in [-0.4, -0.2) is 60.2 Å². The topological polar surface area (TPSA) is 54.4 Å². The van der Waals surface area contributed by atoms with E-state index in [1.165, 1.54) is 24.9 Å². The van der Waals surface area contributed by atoms with Crippen molar-refractivity contribution < 1.29 is 40.6 Å². The number of thioether (sulfide) groups is 1. The monoisotopic (exact) mass is 615 g/mol. The lowest BCUT2D eigenvalue weighted by atomic mass is 10.0. The Labute approximate surface area is 244 Å². The standard InChI is InChI=1S/C29H31F6N3O3S/c1-4-5-18(2)37-10-12-38(13-11-37)27-36-26(39)25(42-27)15-19-6-9-23(24(14-19)40-3)41-17-20-7-8-21(28(30,31)32)16-22(20)29(33,34)35/h6-9,14-16,18H,4-5,10-13,17H2,1-3H3/b25-15-. The Morgan fingerprint density at radius 2 is 1.71 bits per heavy atom. The number of carbonyl (C=O) groups excluding carboxylic acids is 1. The minimum atomic E-state index is -5.01. The fraction of sp³-hybridized carbons (Fsp3) is 0.448. The lowest BCUT2D eigenvalue weighted by molar-refractivity contribution is -0.143. The van der Waals surface area contributed by atoms with Crippen LogP contribution in [0.4, 0.5) is 26.3 Å². The number of nitrogens with zero attached hydrogens (tertiary/aromatic N) is 3. The van der Waals surface area contributed by atoms with Gasteiger partial charge in [-0.05, 0) is 61.0 Å². The van der Waals surface area contributed by atoms with Crippen molar-refractivity contribution in [3.8, 4) is 11.5 Å². The van der Waals surface area contributed by atoms with Crippen molar-refractivity contribution in [1.82, 2.24) is 9.80 Å². The molecule has 0 spiro atoms. The summed E-state index contributed by atoms with van der Waals surface area (Å²) >= 11 is 1.28. The van der Waals surface area contributed by atoms with Crippen molar-refractivity contribution >= 4 is 28.9 Å². The molecule has 4 rings (SSSR count). The van der Waals surface area contributed by atoms with E-state index in [9.17, 15) is 31.1 Å². The van der Waals surface area contributed by atoms with Crippen LogP contribution in [0.25, 0.3) is 6.08 Å². The number of amides is 1. The molecule has 42 heavy (non-hydrogen) atoms. The molecule has 2 aromatic carbocycles.